The van der Waals surface area contributed by atoms with Crippen LogP contribution in [0.25, 0.3) is 17.1 Å². The molecule has 0 atom stereocenters. The molecule has 9 heteroatoms. The number of aromatic nitrogens is 3. The molecule has 0 unspecified atom stereocenters. The highest BCUT2D eigenvalue weighted by molar-refractivity contribution is 5.97. The number of fused-ring (bicyclic) bond motifs is 1. The summed E-state index contributed by atoms with van der Waals surface area (Å²) in [4.78, 5) is 26.1. The van der Waals surface area contributed by atoms with Crippen molar-refractivity contribution in [3.05, 3.63) is 59.7 Å². The molecule has 0 bridgehead atoms. The third-order valence-electron chi connectivity index (χ3n) is 5.21. The average Bonchev–Trinajstić information content (AvgIpc) is 3.26. The Balaban J connectivity index is 1.38. The van der Waals surface area contributed by atoms with Crippen LogP contribution in [0.2, 0.25) is 0 Å². The highest BCUT2D eigenvalue weighted by Gasteiger charge is 2.22. The second kappa shape index (κ2) is 8.75. The lowest BCUT2D eigenvalue weighted by molar-refractivity contribution is -0.124. The Hall–Kier alpha value is -3.72. The number of hydroxylamine groups is 1. The average molecular weight is 406 g/mol. The molecule has 0 saturated carbocycles. The number of H-pyrrole nitrogens is 1. The molecule has 4 rings (SSSR count). The van der Waals surface area contributed by atoms with Crippen molar-refractivity contribution in [3.63, 3.8) is 0 Å². The second-order valence-corrected chi connectivity index (χ2v) is 7.13. The molecule has 1 aliphatic rings. The van der Waals surface area contributed by atoms with Crippen LogP contribution in [-0.2, 0) is 4.79 Å². The summed E-state index contributed by atoms with van der Waals surface area (Å²) in [6, 6.07) is 13.1. The minimum absolute atomic E-state index is 0.0876. The Bertz CT molecular complexity index is 1090. The van der Waals surface area contributed by atoms with E-state index in [0.29, 0.717) is 11.1 Å². The smallest absolute Gasteiger partial charge is 0.267 e. The largest absolute Gasteiger partial charge is 0.371 e. The maximum atomic E-state index is 12.6. The van der Waals surface area contributed by atoms with E-state index < -0.39 is 5.91 Å². The first-order valence-corrected chi connectivity index (χ1v) is 9.71. The minimum atomic E-state index is -0.574. The zero-order valence-corrected chi connectivity index (χ0v) is 16.2. The molecule has 1 saturated heterocycles. The summed E-state index contributed by atoms with van der Waals surface area (Å²) in [6.45, 7) is 1.56. The van der Waals surface area contributed by atoms with Gasteiger partial charge in [-0.1, -0.05) is 18.2 Å². The van der Waals surface area contributed by atoms with Gasteiger partial charge in [-0.2, -0.15) is 15.4 Å². The fourth-order valence-corrected chi connectivity index (χ4v) is 3.63. The number of hydrogen-bond donors (Lipinski definition) is 4. The molecule has 9 nitrogen and oxygen atoms in total. The molecule has 3 aromatic rings. The van der Waals surface area contributed by atoms with Gasteiger partial charge in [-0.05, 0) is 48.7 Å². The van der Waals surface area contributed by atoms with Crippen molar-refractivity contribution in [2.24, 2.45) is 0 Å². The molecule has 2 amide bonds. The first kappa shape index (κ1) is 19.6. The van der Waals surface area contributed by atoms with Crippen LogP contribution in [0.15, 0.2) is 48.5 Å². The molecule has 0 radical (unpaired) electrons. The monoisotopic (exact) mass is 406 g/mol. The number of para-hydroxylation sites is 1. The van der Waals surface area contributed by atoms with Gasteiger partial charge in [0.1, 0.15) is 11.0 Å². The molecule has 0 aliphatic carbocycles. The van der Waals surface area contributed by atoms with Crippen LogP contribution >= 0.6 is 0 Å². The third-order valence-corrected chi connectivity index (χ3v) is 5.21. The lowest BCUT2D eigenvalue weighted by Gasteiger charge is -2.34. The van der Waals surface area contributed by atoms with Gasteiger partial charge < -0.3 is 10.2 Å². The van der Waals surface area contributed by atoms with Crippen molar-refractivity contribution in [3.8, 4) is 0 Å². The summed E-state index contributed by atoms with van der Waals surface area (Å²) < 4.78 is 0. The molecule has 154 valence electrons. The van der Waals surface area contributed by atoms with E-state index in [0.717, 1.165) is 42.7 Å². The van der Waals surface area contributed by atoms with Crippen LogP contribution in [0, 0.1) is 0 Å². The Morgan fingerprint density at radius 3 is 2.67 bits per heavy atom. The standard InChI is InChI=1S/C21H22N6O3/c28-20(25-30)8-6-14-3-1-2-4-19(14)27-11-9-16(10-12-27)22-21(29)15-5-7-17-18(13-15)24-26-23-17/h1-8,13,16,30H,9-12H2,(H,22,29)(H,25,28)(H,23,24,26). The first-order valence-electron chi connectivity index (χ1n) is 9.71. The van der Waals surface area contributed by atoms with E-state index in [1.54, 1.807) is 29.8 Å². The molecular weight excluding hydrogens is 384 g/mol. The molecule has 0 spiro atoms. The zero-order valence-electron chi connectivity index (χ0n) is 16.2. The Kier molecular flexibility index (Phi) is 5.71. The van der Waals surface area contributed by atoms with E-state index in [-0.39, 0.29) is 11.9 Å². The quantitative estimate of drug-likeness (QED) is 0.291. The minimum Gasteiger partial charge on any atom is -0.371 e. The van der Waals surface area contributed by atoms with Gasteiger partial charge in [-0.15, -0.1) is 0 Å². The van der Waals surface area contributed by atoms with Crippen LogP contribution in [-0.4, -0.2) is 51.6 Å². The highest BCUT2D eigenvalue weighted by Crippen LogP contribution is 2.25. The maximum Gasteiger partial charge on any atom is 0.267 e. The lowest BCUT2D eigenvalue weighted by Crippen LogP contribution is -2.44. The van der Waals surface area contributed by atoms with Crippen molar-refractivity contribution in [2.75, 3.05) is 18.0 Å². The fourth-order valence-electron chi connectivity index (χ4n) is 3.63. The molecular formula is C21H22N6O3. The number of rotatable bonds is 5. The Labute approximate surface area is 172 Å². The summed E-state index contributed by atoms with van der Waals surface area (Å²) >= 11 is 0. The van der Waals surface area contributed by atoms with Gasteiger partial charge in [-0.25, -0.2) is 5.48 Å². The maximum absolute atomic E-state index is 12.6. The molecule has 2 aromatic carbocycles. The first-order chi connectivity index (χ1) is 14.6. The number of hydrogen-bond acceptors (Lipinski definition) is 6. The van der Waals surface area contributed by atoms with Crippen molar-refractivity contribution in [1.82, 2.24) is 26.2 Å². The van der Waals surface area contributed by atoms with Crippen molar-refractivity contribution in [2.45, 2.75) is 18.9 Å². The van der Waals surface area contributed by atoms with Crippen molar-refractivity contribution >= 4 is 34.6 Å². The molecule has 2 heterocycles. The summed E-state index contributed by atoms with van der Waals surface area (Å²) in [5.74, 6) is -0.688. The number of carbonyl (C=O) groups is 2. The topological polar surface area (TPSA) is 123 Å². The predicted molar refractivity (Wildman–Crippen MR) is 112 cm³/mol. The summed E-state index contributed by atoms with van der Waals surface area (Å²) in [6.07, 6.45) is 4.59. The molecule has 30 heavy (non-hydrogen) atoms. The summed E-state index contributed by atoms with van der Waals surface area (Å²) in [5, 5.41) is 22.3. The molecule has 4 N–H and O–H groups in total. The number of carbonyl (C=O) groups excluding carboxylic acids is 2. The molecule has 1 aliphatic heterocycles. The Morgan fingerprint density at radius 1 is 1.10 bits per heavy atom. The Morgan fingerprint density at radius 2 is 1.87 bits per heavy atom. The SMILES string of the molecule is O=C(C=Cc1ccccc1N1CCC(NC(=O)c2ccc3n[nH]nc3c2)CC1)NO. The van der Waals surface area contributed by atoms with Gasteiger partial charge >= 0.3 is 0 Å². The fraction of sp³-hybridized carbons (Fsp3) is 0.238. The highest BCUT2D eigenvalue weighted by atomic mass is 16.5. The van der Waals surface area contributed by atoms with Crippen molar-refractivity contribution < 1.29 is 14.8 Å². The van der Waals surface area contributed by atoms with Gasteiger partial charge in [0.25, 0.3) is 11.8 Å². The zero-order chi connectivity index (χ0) is 20.9. The van der Waals surface area contributed by atoms with E-state index in [9.17, 15) is 9.59 Å². The summed E-state index contributed by atoms with van der Waals surface area (Å²) in [5.41, 5.74) is 5.45. The van der Waals surface area contributed by atoms with E-state index in [4.69, 9.17) is 5.21 Å². The second-order valence-electron chi connectivity index (χ2n) is 7.13. The van der Waals surface area contributed by atoms with Gasteiger partial charge in [0.15, 0.2) is 0 Å². The van der Waals surface area contributed by atoms with E-state index in [1.165, 1.54) is 6.08 Å². The number of aromatic amines is 1. The van der Waals surface area contributed by atoms with Crippen LogP contribution in [0.1, 0.15) is 28.8 Å². The van der Waals surface area contributed by atoms with Crippen LogP contribution in [0.4, 0.5) is 5.69 Å². The van der Waals surface area contributed by atoms with E-state index >= 15 is 0 Å². The van der Waals surface area contributed by atoms with Gasteiger partial charge in [0, 0.05) is 36.5 Å². The summed E-state index contributed by atoms with van der Waals surface area (Å²) in [7, 11) is 0. The molecule has 1 fully saturated rings. The number of benzene rings is 2. The normalized spacial score (nSPS) is 14.9. The predicted octanol–water partition coefficient (Wildman–Crippen LogP) is 1.88. The van der Waals surface area contributed by atoms with Crippen molar-refractivity contribution in [1.29, 1.82) is 0 Å². The third kappa shape index (κ3) is 4.31. The van der Waals surface area contributed by atoms with Crippen LogP contribution < -0.4 is 15.7 Å². The van der Waals surface area contributed by atoms with Crippen LogP contribution in [0.5, 0.6) is 0 Å². The number of amides is 2. The number of anilines is 1. The number of nitrogens with zero attached hydrogens (tertiary/aromatic N) is 3. The number of nitrogens with one attached hydrogen (secondary N) is 3. The molecule has 1 aromatic heterocycles. The van der Waals surface area contributed by atoms with Gasteiger partial charge in [-0.3, -0.25) is 14.8 Å². The lowest BCUT2D eigenvalue weighted by atomic mass is 10.0. The van der Waals surface area contributed by atoms with E-state index in [1.807, 2.05) is 24.3 Å². The van der Waals surface area contributed by atoms with Crippen LogP contribution in [0.3, 0.4) is 0 Å². The van der Waals surface area contributed by atoms with Gasteiger partial charge in [0.05, 0.1) is 0 Å². The van der Waals surface area contributed by atoms with E-state index in [2.05, 4.69) is 25.6 Å². The van der Waals surface area contributed by atoms with Gasteiger partial charge in [0.2, 0.25) is 0 Å². The number of piperidine rings is 1.